The van der Waals surface area contributed by atoms with E-state index in [1.807, 2.05) is 42.5 Å². The molecule has 1 amide bonds. The van der Waals surface area contributed by atoms with Gasteiger partial charge in [-0.3, -0.25) is 4.79 Å². The molecule has 1 saturated heterocycles. The van der Waals surface area contributed by atoms with Gasteiger partial charge in [0, 0.05) is 31.6 Å². The van der Waals surface area contributed by atoms with E-state index >= 15 is 0 Å². The molecule has 1 fully saturated rings. The first kappa shape index (κ1) is 21.1. The molecule has 32 heavy (non-hydrogen) atoms. The number of hydrogen-bond donors (Lipinski definition) is 1. The molecule has 0 saturated carbocycles. The van der Waals surface area contributed by atoms with Gasteiger partial charge in [0.1, 0.15) is 0 Å². The fourth-order valence-electron chi connectivity index (χ4n) is 3.87. The van der Waals surface area contributed by atoms with Crippen molar-refractivity contribution in [3.8, 4) is 11.1 Å². The van der Waals surface area contributed by atoms with Crippen molar-refractivity contribution >= 4 is 43.8 Å². The second kappa shape index (κ2) is 9.81. The van der Waals surface area contributed by atoms with Gasteiger partial charge in [-0.25, -0.2) is 4.98 Å². The fraction of sp³-hybridized carbons (Fsp3) is 0.280. The first-order valence-electron chi connectivity index (χ1n) is 10.9. The summed E-state index contributed by atoms with van der Waals surface area (Å²) >= 11 is 3.31. The Bertz CT molecular complexity index is 1160. The molecule has 2 aromatic carbocycles. The fourth-order valence-corrected chi connectivity index (χ4v) is 6.03. The van der Waals surface area contributed by atoms with Crippen LogP contribution in [0.2, 0.25) is 0 Å². The maximum absolute atomic E-state index is 12.9. The molecule has 0 radical (unpaired) electrons. The standard InChI is InChI=1S/C25H25N3O2S2/c29-24(26-12-6-11-23-27-20-9-4-5-10-21(20)31-23)22-17-19(18-7-2-1-3-8-18)25(32-22)28-13-15-30-16-14-28/h1-5,7-10,17H,6,11-16H2,(H,26,29). The molecule has 0 aliphatic carbocycles. The molecule has 7 heteroatoms. The lowest BCUT2D eigenvalue weighted by atomic mass is 10.1. The number of fused-ring (bicyclic) bond motifs is 1. The summed E-state index contributed by atoms with van der Waals surface area (Å²) in [5, 5.41) is 5.38. The Labute approximate surface area is 195 Å². The number of morpholine rings is 1. The van der Waals surface area contributed by atoms with Gasteiger partial charge in [-0.2, -0.15) is 0 Å². The molecular weight excluding hydrogens is 438 g/mol. The molecule has 0 spiro atoms. The van der Waals surface area contributed by atoms with Gasteiger partial charge in [0.05, 0.1) is 38.3 Å². The highest BCUT2D eigenvalue weighted by atomic mass is 32.1. The van der Waals surface area contributed by atoms with Crippen LogP contribution in [0.15, 0.2) is 60.7 Å². The third-order valence-electron chi connectivity index (χ3n) is 5.51. The van der Waals surface area contributed by atoms with E-state index in [2.05, 4.69) is 33.4 Å². The Morgan fingerprint density at radius 1 is 1.03 bits per heavy atom. The molecule has 1 N–H and O–H groups in total. The molecule has 3 heterocycles. The van der Waals surface area contributed by atoms with Gasteiger partial charge >= 0.3 is 0 Å². The number of aromatic nitrogens is 1. The number of amides is 1. The number of rotatable bonds is 7. The molecule has 5 nitrogen and oxygen atoms in total. The van der Waals surface area contributed by atoms with Gasteiger partial charge in [-0.05, 0) is 30.2 Å². The summed E-state index contributed by atoms with van der Waals surface area (Å²) in [7, 11) is 0. The van der Waals surface area contributed by atoms with Crippen LogP contribution in [0.4, 0.5) is 5.00 Å². The van der Waals surface area contributed by atoms with Gasteiger partial charge in [0.2, 0.25) is 0 Å². The topological polar surface area (TPSA) is 54.5 Å². The van der Waals surface area contributed by atoms with Crippen LogP contribution in [0, 0.1) is 0 Å². The van der Waals surface area contributed by atoms with Crippen LogP contribution in [0.1, 0.15) is 21.1 Å². The van der Waals surface area contributed by atoms with E-state index in [1.165, 1.54) is 4.70 Å². The number of benzene rings is 2. The maximum atomic E-state index is 12.9. The van der Waals surface area contributed by atoms with E-state index in [1.54, 1.807) is 22.7 Å². The molecule has 0 atom stereocenters. The molecule has 2 aromatic heterocycles. The highest BCUT2D eigenvalue weighted by Gasteiger charge is 2.21. The van der Waals surface area contributed by atoms with E-state index < -0.39 is 0 Å². The zero-order valence-electron chi connectivity index (χ0n) is 17.8. The average Bonchev–Trinajstić information content (AvgIpc) is 3.47. The van der Waals surface area contributed by atoms with Crippen molar-refractivity contribution in [2.75, 3.05) is 37.7 Å². The van der Waals surface area contributed by atoms with Crippen LogP contribution < -0.4 is 10.2 Å². The molecule has 0 bridgehead atoms. The van der Waals surface area contributed by atoms with Crippen molar-refractivity contribution in [1.29, 1.82) is 0 Å². The number of nitrogens with zero attached hydrogens (tertiary/aromatic N) is 2. The first-order chi connectivity index (χ1) is 15.8. The normalized spacial score (nSPS) is 14.1. The van der Waals surface area contributed by atoms with E-state index in [0.717, 1.165) is 70.7 Å². The van der Waals surface area contributed by atoms with Crippen molar-refractivity contribution in [3.05, 3.63) is 70.5 Å². The zero-order chi connectivity index (χ0) is 21.8. The molecular formula is C25H25N3O2S2. The Morgan fingerprint density at radius 3 is 2.62 bits per heavy atom. The molecule has 0 unspecified atom stereocenters. The Kier molecular flexibility index (Phi) is 6.48. The van der Waals surface area contributed by atoms with Gasteiger partial charge in [0.25, 0.3) is 5.91 Å². The van der Waals surface area contributed by atoms with E-state index in [-0.39, 0.29) is 5.91 Å². The van der Waals surface area contributed by atoms with E-state index in [4.69, 9.17) is 4.74 Å². The highest BCUT2D eigenvalue weighted by molar-refractivity contribution is 7.19. The van der Waals surface area contributed by atoms with Gasteiger partial charge < -0.3 is 15.0 Å². The minimum atomic E-state index is -0.00371. The summed E-state index contributed by atoms with van der Waals surface area (Å²) in [4.78, 5) is 20.7. The quantitative estimate of drug-likeness (QED) is 0.382. The van der Waals surface area contributed by atoms with Gasteiger partial charge in [0.15, 0.2) is 0 Å². The van der Waals surface area contributed by atoms with Crippen LogP contribution in [0.25, 0.3) is 21.3 Å². The molecule has 4 aromatic rings. The van der Waals surface area contributed by atoms with Crippen LogP contribution >= 0.6 is 22.7 Å². The van der Waals surface area contributed by atoms with E-state index in [0.29, 0.717) is 6.54 Å². The Hall–Kier alpha value is -2.74. The number of para-hydroxylation sites is 1. The summed E-state index contributed by atoms with van der Waals surface area (Å²) in [6, 6.07) is 20.5. The molecule has 5 rings (SSSR count). The molecule has 1 aliphatic rings. The number of ether oxygens (including phenoxy) is 1. The number of thiophene rings is 1. The monoisotopic (exact) mass is 463 g/mol. The number of aryl methyl sites for hydroxylation is 1. The van der Waals surface area contributed by atoms with Crippen molar-refractivity contribution in [1.82, 2.24) is 10.3 Å². The summed E-state index contributed by atoms with van der Waals surface area (Å²) < 4.78 is 6.74. The molecule has 1 aliphatic heterocycles. The summed E-state index contributed by atoms with van der Waals surface area (Å²) in [5.74, 6) is -0.00371. The number of nitrogens with one attached hydrogen (secondary N) is 1. The Morgan fingerprint density at radius 2 is 1.81 bits per heavy atom. The second-order valence-electron chi connectivity index (χ2n) is 7.73. The van der Waals surface area contributed by atoms with Crippen LogP contribution in [-0.2, 0) is 11.2 Å². The van der Waals surface area contributed by atoms with Crippen molar-refractivity contribution in [2.24, 2.45) is 0 Å². The number of carbonyl (C=O) groups excluding carboxylic acids is 1. The second-order valence-corrected chi connectivity index (χ2v) is 9.88. The number of carbonyl (C=O) groups is 1. The zero-order valence-corrected chi connectivity index (χ0v) is 19.4. The number of thiazole rings is 1. The largest absolute Gasteiger partial charge is 0.378 e. The Balaban J connectivity index is 1.25. The lowest BCUT2D eigenvalue weighted by molar-refractivity contribution is 0.0957. The molecule has 164 valence electrons. The van der Waals surface area contributed by atoms with Crippen LogP contribution in [-0.4, -0.2) is 43.7 Å². The lowest BCUT2D eigenvalue weighted by Gasteiger charge is -2.28. The summed E-state index contributed by atoms with van der Waals surface area (Å²) in [6.45, 7) is 3.78. The van der Waals surface area contributed by atoms with Crippen LogP contribution in [0.3, 0.4) is 0 Å². The third-order valence-corrected chi connectivity index (χ3v) is 7.80. The van der Waals surface area contributed by atoms with Crippen molar-refractivity contribution in [3.63, 3.8) is 0 Å². The van der Waals surface area contributed by atoms with Gasteiger partial charge in [-0.15, -0.1) is 22.7 Å². The summed E-state index contributed by atoms with van der Waals surface area (Å²) in [5.41, 5.74) is 3.32. The first-order valence-corrected chi connectivity index (χ1v) is 12.6. The maximum Gasteiger partial charge on any atom is 0.261 e. The van der Waals surface area contributed by atoms with Crippen molar-refractivity contribution < 1.29 is 9.53 Å². The predicted molar refractivity (Wildman–Crippen MR) is 133 cm³/mol. The number of anilines is 1. The smallest absolute Gasteiger partial charge is 0.261 e. The van der Waals surface area contributed by atoms with E-state index in [9.17, 15) is 4.79 Å². The third kappa shape index (κ3) is 4.70. The van der Waals surface area contributed by atoms with Crippen LogP contribution in [0.5, 0.6) is 0 Å². The predicted octanol–water partition coefficient (Wildman–Crippen LogP) is 5.22. The average molecular weight is 464 g/mol. The minimum absolute atomic E-state index is 0.00371. The minimum Gasteiger partial charge on any atom is -0.378 e. The SMILES string of the molecule is O=C(NCCCc1nc2ccccc2s1)c1cc(-c2ccccc2)c(N2CCOCC2)s1. The summed E-state index contributed by atoms with van der Waals surface area (Å²) in [6.07, 6.45) is 1.75. The lowest BCUT2D eigenvalue weighted by Crippen LogP contribution is -2.35. The number of hydrogen-bond acceptors (Lipinski definition) is 6. The highest BCUT2D eigenvalue weighted by Crippen LogP contribution is 2.39. The van der Waals surface area contributed by atoms with Gasteiger partial charge in [-0.1, -0.05) is 42.5 Å². The van der Waals surface area contributed by atoms with Crippen molar-refractivity contribution in [2.45, 2.75) is 12.8 Å².